The van der Waals surface area contributed by atoms with E-state index in [1.165, 1.54) is 0 Å². The van der Waals surface area contributed by atoms with Gasteiger partial charge in [-0.25, -0.2) is 4.98 Å². The zero-order valence-electron chi connectivity index (χ0n) is 7.39. The van der Waals surface area contributed by atoms with Crippen molar-refractivity contribution in [3.05, 3.63) is 11.9 Å². The maximum Gasteiger partial charge on any atom is 0.202 e. The maximum absolute atomic E-state index is 4.30. The number of imidazole rings is 1. The third kappa shape index (κ3) is 1.97. The molecule has 0 unspecified atom stereocenters. The lowest BCUT2D eigenvalue weighted by molar-refractivity contribution is 0.880. The van der Waals surface area contributed by atoms with Crippen molar-refractivity contribution in [1.82, 2.24) is 9.55 Å². The Labute approximate surface area is 67.4 Å². The summed E-state index contributed by atoms with van der Waals surface area (Å²) in [5.74, 6) is 0.962. The number of aromatic nitrogens is 2. The van der Waals surface area contributed by atoms with E-state index in [9.17, 15) is 0 Å². The lowest BCUT2D eigenvalue weighted by Crippen LogP contribution is -2.04. The second-order valence-electron chi connectivity index (χ2n) is 2.74. The molecule has 0 aromatic carbocycles. The van der Waals surface area contributed by atoms with E-state index in [0.29, 0.717) is 0 Å². The minimum atomic E-state index is 0.962. The third-order valence-electron chi connectivity index (χ3n) is 1.53. The predicted molar refractivity (Wildman–Crippen MR) is 46.7 cm³/mol. The highest BCUT2D eigenvalue weighted by molar-refractivity contribution is 5.27. The lowest BCUT2D eigenvalue weighted by Gasteiger charge is -2.02. The molecule has 0 saturated carbocycles. The zero-order chi connectivity index (χ0) is 8.27. The largest absolute Gasteiger partial charge is 0.356 e. The van der Waals surface area contributed by atoms with E-state index in [1.807, 2.05) is 24.7 Å². The Balaban J connectivity index is 2.62. The van der Waals surface area contributed by atoms with Gasteiger partial charge < -0.3 is 9.88 Å². The zero-order valence-corrected chi connectivity index (χ0v) is 7.39. The van der Waals surface area contributed by atoms with Crippen molar-refractivity contribution in [1.29, 1.82) is 0 Å². The Morgan fingerprint density at radius 2 is 2.36 bits per heavy atom. The monoisotopic (exact) mass is 153 g/mol. The fourth-order valence-corrected chi connectivity index (χ4v) is 1.02. The molecule has 11 heavy (non-hydrogen) atoms. The molecular formula is C8H15N3. The summed E-state index contributed by atoms with van der Waals surface area (Å²) in [6.45, 7) is 5.13. The first kappa shape index (κ1) is 8.11. The Kier molecular flexibility index (Phi) is 2.52. The summed E-state index contributed by atoms with van der Waals surface area (Å²) in [5, 5.41) is 3.24. The summed E-state index contributed by atoms with van der Waals surface area (Å²) in [6, 6.07) is 0. The maximum atomic E-state index is 4.30. The van der Waals surface area contributed by atoms with Crippen LogP contribution < -0.4 is 5.32 Å². The first-order chi connectivity index (χ1) is 5.24. The van der Waals surface area contributed by atoms with Gasteiger partial charge >= 0.3 is 0 Å². The fraction of sp³-hybridized carbons (Fsp3) is 0.625. The molecule has 0 bridgehead atoms. The molecule has 0 saturated heterocycles. The smallest absolute Gasteiger partial charge is 0.202 e. The van der Waals surface area contributed by atoms with Crippen LogP contribution in [0.25, 0.3) is 0 Å². The Morgan fingerprint density at radius 1 is 1.64 bits per heavy atom. The first-order valence-electron chi connectivity index (χ1n) is 3.98. The molecule has 0 aliphatic rings. The van der Waals surface area contributed by atoms with Crippen LogP contribution in [0, 0.1) is 6.92 Å². The number of anilines is 1. The minimum absolute atomic E-state index is 0.962. The first-order valence-corrected chi connectivity index (χ1v) is 3.98. The van der Waals surface area contributed by atoms with Crippen molar-refractivity contribution in [3.63, 3.8) is 0 Å². The van der Waals surface area contributed by atoms with Crippen LogP contribution >= 0.6 is 0 Å². The molecule has 3 heteroatoms. The summed E-state index contributed by atoms with van der Waals surface area (Å²) < 4.78 is 2.00. The molecule has 0 amide bonds. The summed E-state index contributed by atoms with van der Waals surface area (Å²) in [5.41, 5.74) is 1.06. The van der Waals surface area contributed by atoms with Gasteiger partial charge in [-0.1, -0.05) is 6.92 Å². The van der Waals surface area contributed by atoms with Crippen molar-refractivity contribution in [3.8, 4) is 0 Å². The van der Waals surface area contributed by atoms with Crippen LogP contribution in [0.3, 0.4) is 0 Å². The summed E-state index contributed by atoms with van der Waals surface area (Å²) in [6.07, 6.45) is 3.14. The average molecular weight is 153 g/mol. The van der Waals surface area contributed by atoms with Crippen molar-refractivity contribution < 1.29 is 0 Å². The molecule has 62 valence electrons. The van der Waals surface area contributed by atoms with Gasteiger partial charge in [-0.05, 0) is 13.3 Å². The number of hydrogen-bond acceptors (Lipinski definition) is 2. The molecule has 0 radical (unpaired) electrons. The van der Waals surface area contributed by atoms with E-state index < -0.39 is 0 Å². The van der Waals surface area contributed by atoms with E-state index >= 15 is 0 Å². The average Bonchev–Trinajstić information content (AvgIpc) is 2.26. The van der Waals surface area contributed by atoms with Gasteiger partial charge in [0.2, 0.25) is 5.95 Å². The highest BCUT2D eigenvalue weighted by atomic mass is 15.2. The number of aryl methyl sites for hydroxylation is 2. The van der Waals surface area contributed by atoms with E-state index in [-0.39, 0.29) is 0 Å². The molecule has 1 N–H and O–H groups in total. The van der Waals surface area contributed by atoms with Gasteiger partial charge in [0, 0.05) is 19.8 Å². The number of rotatable bonds is 3. The second-order valence-corrected chi connectivity index (χ2v) is 2.74. The van der Waals surface area contributed by atoms with Crippen LogP contribution in [0.15, 0.2) is 6.20 Å². The lowest BCUT2D eigenvalue weighted by atomic mass is 10.5. The molecule has 0 spiro atoms. The van der Waals surface area contributed by atoms with Crippen molar-refractivity contribution in [2.75, 3.05) is 11.9 Å². The van der Waals surface area contributed by atoms with Gasteiger partial charge in [-0.15, -0.1) is 0 Å². The summed E-state index contributed by atoms with van der Waals surface area (Å²) in [4.78, 5) is 4.30. The predicted octanol–water partition coefficient (Wildman–Crippen LogP) is 1.55. The fourth-order valence-electron chi connectivity index (χ4n) is 1.02. The molecule has 1 rings (SSSR count). The van der Waals surface area contributed by atoms with Crippen LogP contribution in [-0.4, -0.2) is 16.1 Å². The van der Waals surface area contributed by atoms with Gasteiger partial charge in [0.1, 0.15) is 0 Å². The molecular weight excluding hydrogens is 138 g/mol. The molecule has 0 fully saturated rings. The minimum Gasteiger partial charge on any atom is -0.356 e. The summed E-state index contributed by atoms with van der Waals surface area (Å²) >= 11 is 0. The van der Waals surface area contributed by atoms with E-state index in [0.717, 1.165) is 24.6 Å². The topological polar surface area (TPSA) is 29.9 Å². The van der Waals surface area contributed by atoms with Gasteiger partial charge in [0.15, 0.2) is 0 Å². The SMILES string of the molecule is CCCNc1nc(C)cn1C. The number of hydrogen-bond donors (Lipinski definition) is 1. The molecule has 1 heterocycles. The van der Waals surface area contributed by atoms with Crippen molar-refractivity contribution >= 4 is 5.95 Å². The van der Waals surface area contributed by atoms with Crippen LogP contribution in [0.4, 0.5) is 5.95 Å². The Morgan fingerprint density at radius 3 is 2.82 bits per heavy atom. The standard InChI is InChI=1S/C8H15N3/c1-4-5-9-8-10-7(2)6-11(8)3/h6H,4-5H2,1-3H3,(H,9,10). The number of nitrogens with one attached hydrogen (secondary N) is 1. The van der Waals surface area contributed by atoms with Gasteiger partial charge in [-0.3, -0.25) is 0 Å². The summed E-state index contributed by atoms with van der Waals surface area (Å²) in [7, 11) is 2.00. The van der Waals surface area contributed by atoms with E-state index in [1.54, 1.807) is 0 Å². The Hall–Kier alpha value is -0.990. The molecule has 0 atom stereocenters. The van der Waals surface area contributed by atoms with Crippen molar-refractivity contribution in [2.45, 2.75) is 20.3 Å². The molecule has 1 aromatic rings. The van der Waals surface area contributed by atoms with Crippen LogP contribution in [0.1, 0.15) is 19.0 Å². The normalized spacial score (nSPS) is 10.1. The van der Waals surface area contributed by atoms with E-state index in [4.69, 9.17) is 0 Å². The quantitative estimate of drug-likeness (QED) is 0.714. The second kappa shape index (κ2) is 3.42. The number of nitrogens with zero attached hydrogens (tertiary/aromatic N) is 2. The van der Waals surface area contributed by atoms with Crippen LogP contribution in [-0.2, 0) is 7.05 Å². The van der Waals surface area contributed by atoms with Crippen molar-refractivity contribution in [2.24, 2.45) is 7.05 Å². The highest BCUT2D eigenvalue weighted by Crippen LogP contribution is 2.04. The highest BCUT2D eigenvalue weighted by Gasteiger charge is 1.98. The van der Waals surface area contributed by atoms with Crippen LogP contribution in [0.5, 0.6) is 0 Å². The van der Waals surface area contributed by atoms with Gasteiger partial charge in [0.25, 0.3) is 0 Å². The molecule has 1 aromatic heterocycles. The van der Waals surface area contributed by atoms with E-state index in [2.05, 4.69) is 17.2 Å². The molecule has 3 nitrogen and oxygen atoms in total. The van der Waals surface area contributed by atoms with Gasteiger partial charge in [-0.2, -0.15) is 0 Å². The molecule has 0 aliphatic carbocycles. The molecule has 0 aliphatic heterocycles. The Bertz CT molecular complexity index is 227. The van der Waals surface area contributed by atoms with Crippen LogP contribution in [0.2, 0.25) is 0 Å². The third-order valence-corrected chi connectivity index (χ3v) is 1.53. The van der Waals surface area contributed by atoms with Gasteiger partial charge in [0.05, 0.1) is 5.69 Å².